The molecular weight excluding hydrogens is 340 g/mol. The Labute approximate surface area is 156 Å². The van der Waals surface area contributed by atoms with E-state index in [2.05, 4.69) is 10.2 Å². The Morgan fingerprint density at radius 3 is 2.52 bits per heavy atom. The van der Waals surface area contributed by atoms with E-state index < -0.39 is 0 Å². The Kier molecular flexibility index (Phi) is 4.30. The number of imidazole rings is 1. The van der Waals surface area contributed by atoms with Gasteiger partial charge in [-0.3, -0.25) is 4.40 Å². The van der Waals surface area contributed by atoms with Gasteiger partial charge in [-0.1, -0.05) is 18.2 Å². The van der Waals surface area contributed by atoms with Crippen LogP contribution >= 0.6 is 0 Å². The number of pyridine rings is 1. The van der Waals surface area contributed by atoms with Crippen LogP contribution in [0.1, 0.15) is 5.56 Å². The summed E-state index contributed by atoms with van der Waals surface area (Å²) >= 11 is 0. The number of hydrogen-bond donors (Lipinski definition) is 1. The number of ether oxygens (including phenoxy) is 1. The number of rotatable bonds is 4. The van der Waals surface area contributed by atoms with Crippen LogP contribution in [0.5, 0.6) is 11.5 Å². The summed E-state index contributed by atoms with van der Waals surface area (Å²) in [7, 11) is 1.64. The number of benzene rings is 2. The average Bonchev–Trinajstić information content (AvgIpc) is 3.05. The van der Waals surface area contributed by atoms with E-state index in [4.69, 9.17) is 9.72 Å². The zero-order valence-corrected chi connectivity index (χ0v) is 15.0. The lowest BCUT2D eigenvalue weighted by molar-refractivity contribution is 0.416. The molecule has 2 aromatic heterocycles. The predicted octanol–water partition coefficient (Wildman–Crippen LogP) is 5.44. The Bertz CT molecular complexity index is 1130. The first-order valence-corrected chi connectivity index (χ1v) is 8.48. The maximum Gasteiger partial charge on any atom is 0.187 e. The van der Waals surface area contributed by atoms with E-state index >= 15 is 0 Å². The summed E-state index contributed by atoms with van der Waals surface area (Å²) in [5.41, 5.74) is 4.05. The lowest BCUT2D eigenvalue weighted by Crippen LogP contribution is -1.88. The van der Waals surface area contributed by atoms with Gasteiger partial charge in [-0.25, -0.2) is 4.98 Å². The van der Waals surface area contributed by atoms with Gasteiger partial charge >= 0.3 is 0 Å². The molecule has 0 saturated heterocycles. The zero-order chi connectivity index (χ0) is 18.8. The van der Waals surface area contributed by atoms with Gasteiger partial charge in [0.25, 0.3) is 0 Å². The highest BCUT2D eigenvalue weighted by molar-refractivity contribution is 5.78. The molecule has 0 aliphatic carbocycles. The Hall–Kier alpha value is -3.67. The Morgan fingerprint density at radius 1 is 0.963 bits per heavy atom. The summed E-state index contributed by atoms with van der Waals surface area (Å²) in [5.74, 6) is 1.53. The monoisotopic (exact) mass is 358 g/mol. The van der Waals surface area contributed by atoms with Crippen LogP contribution in [0, 0.1) is 6.92 Å². The number of nitrogens with zero attached hydrogens (tertiary/aromatic N) is 4. The fraction of sp³-hybridized carbons (Fsp3) is 0.0952. The van der Waals surface area contributed by atoms with Gasteiger partial charge in [0.1, 0.15) is 22.8 Å². The van der Waals surface area contributed by atoms with E-state index in [9.17, 15) is 5.11 Å². The topological polar surface area (TPSA) is 71.5 Å². The minimum absolute atomic E-state index is 0.189. The van der Waals surface area contributed by atoms with Crippen molar-refractivity contribution >= 4 is 17.2 Å². The standard InChI is InChI=1S/C21H18N4O2/c1-14-7-12-19-22-20(17-5-3-4-6-18(17)27-2)21(25(19)13-14)24-23-15-8-10-16(26)11-9-15/h3-13,26H,1-2H3. The molecule has 0 fully saturated rings. The SMILES string of the molecule is COc1ccccc1-c1nc2ccc(C)cn2c1N=Nc1ccc(O)cc1. The molecule has 6 nitrogen and oxygen atoms in total. The minimum Gasteiger partial charge on any atom is -0.508 e. The largest absolute Gasteiger partial charge is 0.508 e. The summed E-state index contributed by atoms with van der Waals surface area (Å²) in [4.78, 5) is 4.75. The zero-order valence-electron chi connectivity index (χ0n) is 15.0. The van der Waals surface area contributed by atoms with Crippen LogP contribution in [-0.2, 0) is 0 Å². The molecule has 0 saturated carbocycles. The second-order valence-corrected chi connectivity index (χ2v) is 6.14. The van der Waals surface area contributed by atoms with Gasteiger partial charge in [0.05, 0.1) is 12.8 Å². The first-order chi connectivity index (χ1) is 13.2. The van der Waals surface area contributed by atoms with Gasteiger partial charge in [0.2, 0.25) is 0 Å². The molecule has 27 heavy (non-hydrogen) atoms. The highest BCUT2D eigenvalue weighted by Gasteiger charge is 2.17. The first-order valence-electron chi connectivity index (χ1n) is 8.48. The van der Waals surface area contributed by atoms with Crippen LogP contribution in [0.3, 0.4) is 0 Å². The van der Waals surface area contributed by atoms with E-state index in [0.717, 1.165) is 22.5 Å². The maximum absolute atomic E-state index is 9.43. The maximum atomic E-state index is 9.43. The number of fused-ring (bicyclic) bond motifs is 1. The quantitative estimate of drug-likeness (QED) is 0.494. The molecule has 0 unspecified atom stereocenters. The van der Waals surface area contributed by atoms with E-state index in [1.54, 1.807) is 31.4 Å². The molecule has 0 aliphatic heterocycles. The number of phenolic OH excluding ortho intramolecular Hbond substituents is 1. The molecule has 0 spiro atoms. The van der Waals surface area contributed by atoms with Crippen molar-refractivity contribution in [3.05, 3.63) is 72.4 Å². The van der Waals surface area contributed by atoms with Gasteiger partial charge in [-0.2, -0.15) is 0 Å². The molecule has 2 aromatic carbocycles. The second kappa shape index (κ2) is 6.92. The van der Waals surface area contributed by atoms with E-state index in [0.29, 0.717) is 17.2 Å². The molecule has 0 atom stereocenters. The molecule has 4 rings (SSSR count). The van der Waals surface area contributed by atoms with Crippen LogP contribution in [0.15, 0.2) is 77.1 Å². The summed E-state index contributed by atoms with van der Waals surface area (Å²) in [5, 5.41) is 18.2. The van der Waals surface area contributed by atoms with Crippen LogP contribution in [0.4, 0.5) is 11.5 Å². The van der Waals surface area contributed by atoms with Crippen LogP contribution in [0.25, 0.3) is 16.9 Å². The lowest BCUT2D eigenvalue weighted by atomic mass is 10.1. The number of aromatic hydroxyl groups is 1. The summed E-state index contributed by atoms with van der Waals surface area (Å²) in [6.07, 6.45) is 1.98. The van der Waals surface area contributed by atoms with Crippen LogP contribution in [0.2, 0.25) is 0 Å². The van der Waals surface area contributed by atoms with Gasteiger partial charge in [-0.15, -0.1) is 10.2 Å². The van der Waals surface area contributed by atoms with Crippen molar-refractivity contribution in [2.75, 3.05) is 7.11 Å². The normalized spacial score (nSPS) is 11.3. The predicted molar refractivity (Wildman–Crippen MR) is 104 cm³/mol. The van der Waals surface area contributed by atoms with Crippen molar-refractivity contribution in [1.82, 2.24) is 9.38 Å². The van der Waals surface area contributed by atoms with Crippen molar-refractivity contribution < 1.29 is 9.84 Å². The molecule has 1 N–H and O–H groups in total. The summed E-state index contributed by atoms with van der Waals surface area (Å²) in [6.45, 7) is 2.02. The van der Waals surface area contributed by atoms with Crippen molar-refractivity contribution in [3.8, 4) is 22.8 Å². The Balaban J connectivity index is 1.91. The number of hydrogen-bond acceptors (Lipinski definition) is 5. The molecule has 0 bridgehead atoms. The molecule has 0 radical (unpaired) electrons. The van der Waals surface area contributed by atoms with Gasteiger partial charge in [0, 0.05) is 11.8 Å². The summed E-state index contributed by atoms with van der Waals surface area (Å²) in [6, 6.07) is 18.2. The van der Waals surface area contributed by atoms with E-state index in [-0.39, 0.29) is 5.75 Å². The highest BCUT2D eigenvalue weighted by atomic mass is 16.5. The van der Waals surface area contributed by atoms with Crippen molar-refractivity contribution in [3.63, 3.8) is 0 Å². The minimum atomic E-state index is 0.189. The molecule has 6 heteroatoms. The molecule has 4 aromatic rings. The van der Waals surface area contributed by atoms with Gasteiger partial charge in [0.15, 0.2) is 5.82 Å². The number of phenols is 1. The number of azo groups is 1. The molecular formula is C21H18N4O2. The first kappa shape index (κ1) is 16.8. The number of para-hydroxylation sites is 1. The van der Waals surface area contributed by atoms with E-state index in [1.165, 1.54) is 0 Å². The lowest BCUT2D eigenvalue weighted by Gasteiger charge is -2.06. The van der Waals surface area contributed by atoms with Gasteiger partial charge in [-0.05, 0) is 55.0 Å². The smallest absolute Gasteiger partial charge is 0.187 e. The fourth-order valence-corrected chi connectivity index (χ4v) is 2.88. The number of aromatic nitrogens is 2. The fourth-order valence-electron chi connectivity index (χ4n) is 2.88. The molecule has 2 heterocycles. The second-order valence-electron chi connectivity index (χ2n) is 6.14. The van der Waals surface area contributed by atoms with Crippen molar-refractivity contribution in [2.24, 2.45) is 10.2 Å². The summed E-state index contributed by atoms with van der Waals surface area (Å²) < 4.78 is 7.42. The van der Waals surface area contributed by atoms with Crippen molar-refractivity contribution in [2.45, 2.75) is 6.92 Å². The highest BCUT2D eigenvalue weighted by Crippen LogP contribution is 2.37. The van der Waals surface area contributed by atoms with Gasteiger partial charge < -0.3 is 9.84 Å². The van der Waals surface area contributed by atoms with Crippen LogP contribution in [-0.4, -0.2) is 21.6 Å². The third-order valence-electron chi connectivity index (χ3n) is 4.21. The van der Waals surface area contributed by atoms with Crippen LogP contribution < -0.4 is 4.74 Å². The molecule has 134 valence electrons. The third-order valence-corrected chi connectivity index (χ3v) is 4.21. The number of aryl methyl sites for hydroxylation is 1. The number of methoxy groups -OCH3 is 1. The third kappa shape index (κ3) is 3.25. The molecule has 0 aliphatic rings. The average molecular weight is 358 g/mol. The van der Waals surface area contributed by atoms with Crippen molar-refractivity contribution in [1.29, 1.82) is 0 Å². The van der Waals surface area contributed by atoms with E-state index in [1.807, 2.05) is 53.9 Å². The Morgan fingerprint density at radius 2 is 1.74 bits per heavy atom. The molecule has 0 amide bonds.